The van der Waals surface area contributed by atoms with Crippen molar-refractivity contribution in [3.8, 4) is 0 Å². The molecule has 6 nitrogen and oxygen atoms in total. The summed E-state index contributed by atoms with van der Waals surface area (Å²) in [5.41, 5.74) is 1.66. The Hall–Kier alpha value is -3.36. The van der Waals surface area contributed by atoms with Crippen LogP contribution in [0.5, 0.6) is 0 Å². The van der Waals surface area contributed by atoms with Crippen molar-refractivity contribution in [3.63, 3.8) is 0 Å². The van der Waals surface area contributed by atoms with E-state index < -0.39 is 11.7 Å². The molecule has 2 aliphatic rings. The largest absolute Gasteiger partial charge is 0.416 e. The second kappa shape index (κ2) is 9.64. The fourth-order valence-electron chi connectivity index (χ4n) is 4.06. The first-order chi connectivity index (χ1) is 15.8. The van der Waals surface area contributed by atoms with Crippen molar-refractivity contribution in [2.75, 3.05) is 37.6 Å². The lowest BCUT2D eigenvalue weighted by Gasteiger charge is -2.36. The van der Waals surface area contributed by atoms with Crippen LogP contribution >= 0.6 is 0 Å². The third-order valence-corrected chi connectivity index (χ3v) is 5.92. The number of alkyl halides is 3. The fraction of sp³-hybridized carbons (Fsp3) is 0.375. The van der Waals surface area contributed by atoms with Gasteiger partial charge in [-0.25, -0.2) is 5.01 Å². The van der Waals surface area contributed by atoms with Gasteiger partial charge >= 0.3 is 6.18 Å². The van der Waals surface area contributed by atoms with Crippen molar-refractivity contribution in [3.05, 3.63) is 65.7 Å². The minimum atomic E-state index is -4.39. The number of piperazine rings is 1. The molecule has 0 radical (unpaired) electrons. The predicted molar refractivity (Wildman–Crippen MR) is 119 cm³/mol. The third-order valence-electron chi connectivity index (χ3n) is 5.92. The molecule has 0 aromatic heterocycles. The minimum absolute atomic E-state index is 0.0816. The number of hydrazone groups is 1. The molecule has 174 valence electrons. The van der Waals surface area contributed by atoms with E-state index in [1.165, 1.54) is 11.1 Å². The molecule has 33 heavy (non-hydrogen) atoms. The first kappa shape index (κ1) is 22.8. The summed E-state index contributed by atoms with van der Waals surface area (Å²) in [6, 6.07) is 14.9. The number of hydrogen-bond acceptors (Lipinski definition) is 4. The Morgan fingerprint density at radius 1 is 0.848 bits per heavy atom. The van der Waals surface area contributed by atoms with Crippen LogP contribution < -0.4 is 4.90 Å². The van der Waals surface area contributed by atoms with Crippen LogP contribution in [0.2, 0.25) is 0 Å². The van der Waals surface area contributed by atoms with E-state index >= 15 is 0 Å². The van der Waals surface area contributed by atoms with Crippen LogP contribution in [0.15, 0.2) is 59.7 Å². The Labute approximate surface area is 190 Å². The second-order valence-electron chi connectivity index (χ2n) is 8.10. The molecule has 1 saturated heterocycles. The van der Waals surface area contributed by atoms with Gasteiger partial charge in [0.1, 0.15) is 0 Å². The van der Waals surface area contributed by atoms with E-state index in [1.54, 1.807) is 11.0 Å². The summed E-state index contributed by atoms with van der Waals surface area (Å²) in [7, 11) is 0. The molecule has 2 aromatic rings. The van der Waals surface area contributed by atoms with Crippen LogP contribution in [0.4, 0.5) is 18.9 Å². The van der Waals surface area contributed by atoms with Gasteiger partial charge in [-0.3, -0.25) is 9.59 Å². The standard InChI is InChI=1S/C24H25F3N4O2/c25-24(26,27)19-7-4-8-20(17-19)29-13-15-30(16-14-29)22(32)9-10-23(33)31-12-11-21(28-31)18-5-2-1-3-6-18/h1-8,17H,9-16H2. The number of carbonyl (C=O) groups excluding carboxylic acids is 2. The van der Waals surface area contributed by atoms with E-state index in [0.29, 0.717) is 44.8 Å². The van der Waals surface area contributed by atoms with Crippen LogP contribution in [0.3, 0.4) is 0 Å². The summed E-state index contributed by atoms with van der Waals surface area (Å²) < 4.78 is 38.9. The smallest absolute Gasteiger partial charge is 0.368 e. The molecule has 0 aliphatic carbocycles. The zero-order valence-electron chi connectivity index (χ0n) is 18.1. The Balaban J connectivity index is 1.25. The van der Waals surface area contributed by atoms with Gasteiger partial charge in [0, 0.05) is 51.1 Å². The molecule has 0 atom stereocenters. The number of hydrogen-bond donors (Lipinski definition) is 0. The van der Waals surface area contributed by atoms with Gasteiger partial charge in [-0.15, -0.1) is 0 Å². The van der Waals surface area contributed by atoms with Gasteiger partial charge in [-0.2, -0.15) is 18.3 Å². The second-order valence-corrected chi connectivity index (χ2v) is 8.10. The summed E-state index contributed by atoms with van der Waals surface area (Å²) in [6.45, 7) is 2.20. The molecule has 2 aliphatic heterocycles. The van der Waals surface area contributed by atoms with Crippen molar-refractivity contribution in [2.45, 2.75) is 25.4 Å². The van der Waals surface area contributed by atoms with E-state index in [2.05, 4.69) is 5.10 Å². The highest BCUT2D eigenvalue weighted by molar-refractivity contribution is 6.02. The van der Waals surface area contributed by atoms with Crippen molar-refractivity contribution >= 4 is 23.2 Å². The van der Waals surface area contributed by atoms with Gasteiger partial charge in [-0.1, -0.05) is 36.4 Å². The molecule has 1 fully saturated rings. The first-order valence-electron chi connectivity index (χ1n) is 10.9. The number of halogens is 3. The van der Waals surface area contributed by atoms with Gasteiger partial charge in [0.15, 0.2) is 0 Å². The van der Waals surface area contributed by atoms with Crippen LogP contribution in [-0.2, 0) is 15.8 Å². The molecule has 9 heteroatoms. The lowest BCUT2D eigenvalue weighted by Crippen LogP contribution is -2.49. The molecule has 0 bridgehead atoms. The van der Waals surface area contributed by atoms with Gasteiger partial charge in [0.25, 0.3) is 0 Å². The topological polar surface area (TPSA) is 56.2 Å². The lowest BCUT2D eigenvalue weighted by molar-refractivity contribution is -0.137. The number of carbonyl (C=O) groups is 2. The fourth-order valence-corrected chi connectivity index (χ4v) is 4.06. The Bertz CT molecular complexity index is 1030. The normalized spacial score (nSPS) is 16.7. The number of anilines is 1. The molecule has 2 heterocycles. The van der Waals surface area contributed by atoms with E-state index in [-0.39, 0.29) is 24.7 Å². The summed E-state index contributed by atoms with van der Waals surface area (Å²) in [6.07, 6.45) is -3.53. The van der Waals surface area contributed by atoms with E-state index in [1.807, 2.05) is 35.2 Å². The van der Waals surface area contributed by atoms with Crippen molar-refractivity contribution in [2.24, 2.45) is 5.10 Å². The van der Waals surface area contributed by atoms with Crippen molar-refractivity contribution in [1.29, 1.82) is 0 Å². The van der Waals surface area contributed by atoms with Gasteiger partial charge in [-0.05, 0) is 23.8 Å². The quantitative estimate of drug-likeness (QED) is 0.686. The molecule has 0 saturated carbocycles. The van der Waals surface area contributed by atoms with Gasteiger partial charge in [0.2, 0.25) is 11.8 Å². The summed E-state index contributed by atoms with van der Waals surface area (Å²) in [5.74, 6) is -0.310. The Kier molecular flexibility index (Phi) is 6.67. The molecule has 2 aromatic carbocycles. The summed E-state index contributed by atoms with van der Waals surface area (Å²) in [5, 5.41) is 5.84. The maximum atomic E-state index is 13.0. The molecule has 0 spiro atoms. The third kappa shape index (κ3) is 5.53. The molecule has 2 amide bonds. The van der Waals surface area contributed by atoms with Gasteiger partial charge in [0.05, 0.1) is 17.8 Å². The zero-order chi connectivity index (χ0) is 23.4. The minimum Gasteiger partial charge on any atom is -0.368 e. The number of amides is 2. The highest BCUT2D eigenvalue weighted by Crippen LogP contribution is 2.32. The Morgan fingerprint density at radius 2 is 1.55 bits per heavy atom. The highest BCUT2D eigenvalue weighted by atomic mass is 19.4. The SMILES string of the molecule is O=C(CCC(=O)N1CCC(c2ccccc2)=N1)N1CCN(c2cccc(C(F)(F)F)c2)CC1. The molecule has 0 unspecified atom stereocenters. The maximum absolute atomic E-state index is 13.0. The monoisotopic (exact) mass is 458 g/mol. The summed E-state index contributed by atoms with van der Waals surface area (Å²) in [4.78, 5) is 28.6. The van der Waals surface area contributed by atoms with E-state index in [0.717, 1.165) is 23.4 Å². The predicted octanol–water partition coefficient (Wildman–Crippen LogP) is 3.77. The number of nitrogens with zero attached hydrogens (tertiary/aromatic N) is 4. The van der Waals surface area contributed by atoms with Crippen LogP contribution in [0.25, 0.3) is 0 Å². The average Bonchev–Trinajstić information content (AvgIpc) is 3.33. The average molecular weight is 458 g/mol. The van der Waals surface area contributed by atoms with E-state index in [9.17, 15) is 22.8 Å². The molecular weight excluding hydrogens is 433 g/mol. The Morgan fingerprint density at radius 3 is 2.24 bits per heavy atom. The first-order valence-corrected chi connectivity index (χ1v) is 10.9. The maximum Gasteiger partial charge on any atom is 0.416 e. The lowest BCUT2D eigenvalue weighted by atomic mass is 10.1. The number of benzene rings is 2. The van der Waals surface area contributed by atoms with Crippen LogP contribution in [0, 0.1) is 0 Å². The highest BCUT2D eigenvalue weighted by Gasteiger charge is 2.31. The summed E-state index contributed by atoms with van der Waals surface area (Å²) >= 11 is 0. The van der Waals surface area contributed by atoms with Crippen LogP contribution in [0.1, 0.15) is 30.4 Å². The molecular formula is C24H25F3N4O2. The van der Waals surface area contributed by atoms with Crippen molar-refractivity contribution in [1.82, 2.24) is 9.91 Å². The number of rotatable bonds is 5. The molecule has 4 rings (SSSR count). The van der Waals surface area contributed by atoms with Crippen molar-refractivity contribution < 1.29 is 22.8 Å². The van der Waals surface area contributed by atoms with Gasteiger partial charge < -0.3 is 9.80 Å². The zero-order valence-corrected chi connectivity index (χ0v) is 18.1. The van der Waals surface area contributed by atoms with Crippen LogP contribution in [-0.4, -0.2) is 60.2 Å². The van der Waals surface area contributed by atoms with E-state index in [4.69, 9.17) is 0 Å². The molecule has 0 N–H and O–H groups in total.